The Balaban J connectivity index is 1.74. The summed E-state index contributed by atoms with van der Waals surface area (Å²) in [5.41, 5.74) is 2.10. The number of ether oxygens (including phenoxy) is 2. The van der Waals surface area contributed by atoms with Crippen molar-refractivity contribution in [1.29, 1.82) is 0 Å². The van der Waals surface area contributed by atoms with Gasteiger partial charge in [0.2, 0.25) is 5.91 Å². The Kier molecular flexibility index (Phi) is 11.3. The van der Waals surface area contributed by atoms with Crippen LogP contribution in [0.3, 0.4) is 0 Å². The van der Waals surface area contributed by atoms with Gasteiger partial charge in [-0.15, -0.1) is 0 Å². The molecule has 0 aliphatic rings. The molecule has 2 aromatic rings. The van der Waals surface area contributed by atoms with Crippen LogP contribution < -0.4 is 19.4 Å². The van der Waals surface area contributed by atoms with Gasteiger partial charge in [-0.1, -0.05) is 32.9 Å². The zero-order chi connectivity index (χ0) is 24.1. The normalized spacial score (nSPS) is 11.5. The van der Waals surface area contributed by atoms with Crippen molar-refractivity contribution in [2.24, 2.45) is 0 Å². The second kappa shape index (κ2) is 13.9. The zero-order valence-corrected chi connectivity index (χ0v) is 21.5. The minimum absolute atomic E-state index is 0.138. The van der Waals surface area contributed by atoms with E-state index in [4.69, 9.17) is 9.47 Å². The molecule has 0 bridgehead atoms. The summed E-state index contributed by atoms with van der Waals surface area (Å²) in [7, 11) is 3.30. The van der Waals surface area contributed by atoms with Crippen LogP contribution in [0.2, 0.25) is 0 Å². The van der Waals surface area contributed by atoms with Gasteiger partial charge < -0.3 is 14.8 Å². The second-order valence-electron chi connectivity index (χ2n) is 8.27. The number of amides is 1. The molecule has 5 nitrogen and oxygen atoms in total. The van der Waals surface area contributed by atoms with Crippen LogP contribution in [0.1, 0.15) is 57.6 Å². The van der Waals surface area contributed by atoms with E-state index in [-0.39, 0.29) is 5.91 Å². The molecule has 0 fully saturated rings. The van der Waals surface area contributed by atoms with Crippen LogP contribution in [0.4, 0.5) is 0 Å². The predicted octanol–water partition coefficient (Wildman–Crippen LogP) is 5.37. The lowest BCUT2D eigenvalue weighted by Gasteiger charge is -2.25. The molecule has 6 heteroatoms. The van der Waals surface area contributed by atoms with E-state index in [0.717, 1.165) is 60.7 Å². The number of hydrogen-bond acceptors (Lipinski definition) is 4. The average Bonchev–Trinajstić information content (AvgIpc) is 2.85. The van der Waals surface area contributed by atoms with Crippen LogP contribution in [-0.2, 0) is 11.3 Å². The quantitative estimate of drug-likeness (QED) is 0.297. The molecule has 0 atom stereocenters. The topological polar surface area (TPSA) is 51.4 Å². The van der Waals surface area contributed by atoms with Crippen LogP contribution in [0, 0.1) is 0 Å². The van der Waals surface area contributed by atoms with Gasteiger partial charge in [0.15, 0.2) is 12.4 Å². The maximum absolute atomic E-state index is 12.1. The van der Waals surface area contributed by atoms with Gasteiger partial charge in [-0.3, -0.25) is 4.79 Å². The Morgan fingerprint density at radius 1 is 1.09 bits per heavy atom. The molecule has 2 rings (SSSR count). The summed E-state index contributed by atoms with van der Waals surface area (Å²) in [6.45, 7) is 8.32. The highest BCUT2D eigenvalue weighted by Gasteiger charge is 2.19. The molecule has 1 aromatic heterocycles. The Hall–Kier alpha value is -2.47. The molecular weight excluding hydrogens is 432 g/mol. The summed E-state index contributed by atoms with van der Waals surface area (Å²) < 4.78 is 13.1. The highest BCUT2D eigenvalue weighted by molar-refractivity contribution is 8.00. The Bertz CT molecular complexity index is 893. The summed E-state index contributed by atoms with van der Waals surface area (Å²) in [5, 5.41) is 3.05. The first-order valence-corrected chi connectivity index (χ1v) is 12.7. The number of carbonyl (C=O) groups is 1. The fraction of sp³-hybridized carbons (Fsp3) is 0.481. The third-order valence-electron chi connectivity index (χ3n) is 6.00. The molecule has 1 N–H and O–H groups in total. The monoisotopic (exact) mass is 471 g/mol. The molecule has 0 unspecified atom stereocenters. The second-order valence-corrected chi connectivity index (χ2v) is 9.95. The molecule has 1 aromatic carbocycles. The standard InChI is InChI=1S/C27H38N2O3S/c1-6-27(3,7-2)33-20-16-28-26(30)9-8-17-29-18-14-22(15-19-29)10-11-23-12-13-24(31-4)21-25(23)32-5/h10-15,18-19,21H,6-9,16-17,20H2,1-5H3/p+1. The highest BCUT2D eigenvalue weighted by Crippen LogP contribution is 2.31. The Morgan fingerprint density at radius 3 is 2.45 bits per heavy atom. The van der Waals surface area contributed by atoms with E-state index in [2.05, 4.69) is 61.3 Å². The average molecular weight is 472 g/mol. The third-order valence-corrected chi connectivity index (χ3v) is 7.69. The smallest absolute Gasteiger partial charge is 0.220 e. The van der Waals surface area contributed by atoms with Crippen LogP contribution in [-0.4, -0.2) is 37.2 Å². The summed E-state index contributed by atoms with van der Waals surface area (Å²) >= 11 is 1.96. The fourth-order valence-electron chi connectivity index (χ4n) is 3.32. The summed E-state index contributed by atoms with van der Waals surface area (Å²) in [6, 6.07) is 9.92. The molecule has 1 amide bonds. The van der Waals surface area contributed by atoms with E-state index in [1.807, 2.05) is 36.0 Å². The number of nitrogens with zero attached hydrogens (tertiary/aromatic N) is 1. The van der Waals surface area contributed by atoms with Crippen LogP contribution >= 0.6 is 11.8 Å². The number of nitrogens with one attached hydrogen (secondary N) is 1. The van der Waals surface area contributed by atoms with E-state index in [0.29, 0.717) is 11.2 Å². The van der Waals surface area contributed by atoms with Gasteiger partial charge >= 0.3 is 0 Å². The van der Waals surface area contributed by atoms with Gasteiger partial charge in [-0.2, -0.15) is 11.8 Å². The molecule has 0 spiro atoms. The number of pyridine rings is 1. The van der Waals surface area contributed by atoms with E-state index in [1.54, 1.807) is 14.2 Å². The maximum Gasteiger partial charge on any atom is 0.220 e. The summed E-state index contributed by atoms with van der Waals surface area (Å²) in [4.78, 5) is 12.1. The minimum Gasteiger partial charge on any atom is -0.497 e. The molecular formula is C27H39N2O3S+. The summed E-state index contributed by atoms with van der Waals surface area (Å²) in [6.07, 6.45) is 11.9. The van der Waals surface area contributed by atoms with Gasteiger partial charge in [-0.05, 0) is 30.5 Å². The lowest BCUT2D eigenvalue weighted by Crippen LogP contribution is -2.34. The molecule has 1 heterocycles. The molecule has 33 heavy (non-hydrogen) atoms. The lowest BCUT2D eigenvalue weighted by molar-refractivity contribution is -0.697. The van der Waals surface area contributed by atoms with Gasteiger partial charge in [0.25, 0.3) is 0 Å². The van der Waals surface area contributed by atoms with Crippen molar-refractivity contribution in [3.05, 3.63) is 53.9 Å². The third kappa shape index (κ3) is 9.12. The van der Waals surface area contributed by atoms with Gasteiger partial charge in [0.1, 0.15) is 18.0 Å². The minimum atomic E-state index is 0.138. The van der Waals surface area contributed by atoms with Crippen LogP contribution in [0.25, 0.3) is 12.2 Å². The molecule has 0 radical (unpaired) electrons. The van der Waals surface area contributed by atoms with Crippen molar-refractivity contribution in [1.82, 2.24) is 5.32 Å². The van der Waals surface area contributed by atoms with E-state index in [1.165, 1.54) is 0 Å². The van der Waals surface area contributed by atoms with Crippen LogP contribution in [0.15, 0.2) is 42.7 Å². The van der Waals surface area contributed by atoms with Gasteiger partial charge in [-0.25, -0.2) is 4.57 Å². The first-order chi connectivity index (χ1) is 15.9. The molecule has 0 saturated carbocycles. The number of aromatic nitrogens is 1. The van der Waals surface area contributed by atoms with Crippen molar-refractivity contribution < 1.29 is 18.8 Å². The summed E-state index contributed by atoms with van der Waals surface area (Å²) in [5.74, 6) is 2.65. The maximum atomic E-state index is 12.1. The number of rotatable bonds is 14. The Labute approximate surface area is 203 Å². The van der Waals surface area contributed by atoms with Crippen LogP contribution in [0.5, 0.6) is 11.5 Å². The largest absolute Gasteiger partial charge is 0.497 e. The van der Waals surface area contributed by atoms with E-state index in [9.17, 15) is 4.79 Å². The number of thioether (sulfide) groups is 1. The number of methoxy groups -OCH3 is 2. The fourth-order valence-corrected chi connectivity index (χ4v) is 4.43. The van der Waals surface area contributed by atoms with E-state index < -0.39 is 0 Å². The SMILES string of the molecule is CCC(C)(CC)SCCNC(=O)CCC[n+]1ccc(C=Cc2ccc(OC)cc2OC)cc1. The highest BCUT2D eigenvalue weighted by atomic mass is 32.2. The zero-order valence-electron chi connectivity index (χ0n) is 20.7. The molecule has 0 aliphatic heterocycles. The van der Waals surface area contributed by atoms with Crippen molar-refractivity contribution in [2.45, 2.75) is 57.7 Å². The van der Waals surface area contributed by atoms with Crippen molar-refractivity contribution in [3.63, 3.8) is 0 Å². The first kappa shape index (κ1) is 26.8. The number of hydrogen-bond donors (Lipinski definition) is 1. The molecule has 0 saturated heterocycles. The van der Waals surface area contributed by atoms with Gasteiger partial charge in [0, 0.05) is 53.6 Å². The van der Waals surface area contributed by atoms with Crippen molar-refractivity contribution in [2.75, 3.05) is 26.5 Å². The molecule has 180 valence electrons. The molecule has 0 aliphatic carbocycles. The van der Waals surface area contributed by atoms with Crippen molar-refractivity contribution >= 4 is 29.8 Å². The number of benzene rings is 1. The predicted molar refractivity (Wildman–Crippen MR) is 139 cm³/mol. The van der Waals surface area contributed by atoms with E-state index >= 15 is 0 Å². The lowest BCUT2D eigenvalue weighted by atomic mass is 10.1. The van der Waals surface area contributed by atoms with Gasteiger partial charge in [0.05, 0.1) is 14.2 Å². The Morgan fingerprint density at radius 2 is 1.82 bits per heavy atom. The first-order valence-electron chi connectivity index (χ1n) is 11.7. The number of aryl methyl sites for hydroxylation is 1. The number of carbonyl (C=O) groups excluding carboxylic acids is 1. The van der Waals surface area contributed by atoms with Crippen molar-refractivity contribution in [3.8, 4) is 11.5 Å².